The van der Waals surface area contributed by atoms with Crippen LogP contribution in [-0.2, 0) is 9.47 Å². The number of hydrogen-bond acceptors (Lipinski definition) is 15. The molecule has 3 aromatic rings. The van der Waals surface area contributed by atoms with Gasteiger partial charge in [-0.05, 0) is 25.1 Å². The monoisotopic (exact) mass is 608 g/mol. The molecule has 0 saturated carbocycles. The minimum absolute atomic E-state index is 0.0393. The van der Waals surface area contributed by atoms with Crippen LogP contribution < -0.4 is 14.9 Å². The van der Waals surface area contributed by atoms with E-state index in [0.717, 1.165) is 6.07 Å². The summed E-state index contributed by atoms with van der Waals surface area (Å²) in [7, 11) is 1.24. The van der Waals surface area contributed by atoms with E-state index in [1.165, 1.54) is 38.3 Å². The fraction of sp³-hybridized carbons (Fsp3) is 0.464. The van der Waals surface area contributed by atoms with Crippen LogP contribution in [-0.4, -0.2) is 115 Å². The number of aromatic hydroxyl groups is 2. The van der Waals surface area contributed by atoms with Crippen LogP contribution in [0.15, 0.2) is 39.5 Å². The number of aliphatic hydroxyl groups excluding tert-OH is 7. The van der Waals surface area contributed by atoms with E-state index < -0.39 is 84.8 Å². The molecule has 0 spiro atoms. The summed E-state index contributed by atoms with van der Waals surface area (Å²) in [6.45, 7) is 0.763. The number of benzene rings is 2. The quantitative estimate of drug-likeness (QED) is 0.156. The molecule has 0 amide bonds. The number of methoxy groups -OCH3 is 1. The Labute approximate surface area is 242 Å². The molecule has 2 saturated heterocycles. The van der Waals surface area contributed by atoms with Crippen LogP contribution in [0, 0.1) is 0 Å². The van der Waals surface area contributed by atoms with Gasteiger partial charge in [-0.2, -0.15) is 0 Å². The van der Waals surface area contributed by atoms with Gasteiger partial charge in [0.25, 0.3) is 0 Å². The first-order valence-corrected chi connectivity index (χ1v) is 13.3. The third kappa shape index (κ3) is 5.39. The van der Waals surface area contributed by atoms with Gasteiger partial charge in [-0.3, -0.25) is 4.79 Å². The zero-order valence-corrected chi connectivity index (χ0v) is 22.8. The third-order valence-electron chi connectivity index (χ3n) is 7.69. The number of phenolic OH excluding ortho intramolecular Hbond substituents is 2. The summed E-state index contributed by atoms with van der Waals surface area (Å²) < 4.78 is 27.6. The SMILES string of the molecule is COc1cc2oc(-c3ccc(O[C@@H]4O[C@H](C)[C@H](O)C(O)C4O)c(O)c3)cc(=O)c2c(O)c1[C@@H]1OC(CO)[C@@H](O)[C@H](O)C1O. The van der Waals surface area contributed by atoms with E-state index in [1.807, 2.05) is 0 Å². The van der Waals surface area contributed by atoms with Crippen LogP contribution in [0.3, 0.4) is 0 Å². The van der Waals surface area contributed by atoms with E-state index in [0.29, 0.717) is 0 Å². The summed E-state index contributed by atoms with van der Waals surface area (Å²) in [4.78, 5) is 13.2. The summed E-state index contributed by atoms with van der Waals surface area (Å²) in [5.74, 6) is -1.41. The Morgan fingerprint density at radius 3 is 2.19 bits per heavy atom. The topological polar surface area (TPSA) is 249 Å². The number of rotatable bonds is 6. The number of hydrogen-bond donors (Lipinski definition) is 9. The number of fused-ring (bicyclic) bond motifs is 1. The van der Waals surface area contributed by atoms with E-state index in [-0.39, 0.29) is 39.4 Å². The highest BCUT2D eigenvalue weighted by molar-refractivity contribution is 5.88. The molecule has 15 nitrogen and oxygen atoms in total. The fourth-order valence-corrected chi connectivity index (χ4v) is 5.23. The second-order valence-corrected chi connectivity index (χ2v) is 10.4. The molecule has 3 heterocycles. The Kier molecular flexibility index (Phi) is 8.54. The van der Waals surface area contributed by atoms with Gasteiger partial charge in [-0.1, -0.05) is 0 Å². The minimum Gasteiger partial charge on any atom is -0.506 e. The van der Waals surface area contributed by atoms with E-state index in [1.54, 1.807) is 0 Å². The lowest BCUT2D eigenvalue weighted by atomic mass is 9.89. The first-order valence-electron chi connectivity index (χ1n) is 13.3. The van der Waals surface area contributed by atoms with Crippen molar-refractivity contribution in [3.05, 3.63) is 46.1 Å². The Morgan fingerprint density at radius 2 is 1.53 bits per heavy atom. The highest BCUT2D eigenvalue weighted by atomic mass is 16.7. The molecule has 2 fully saturated rings. The largest absolute Gasteiger partial charge is 0.506 e. The molecule has 234 valence electrons. The summed E-state index contributed by atoms with van der Waals surface area (Å²) >= 11 is 0. The number of ether oxygens (including phenoxy) is 4. The molecule has 0 bridgehead atoms. The van der Waals surface area contributed by atoms with Crippen molar-refractivity contribution in [2.75, 3.05) is 13.7 Å². The van der Waals surface area contributed by atoms with E-state index >= 15 is 0 Å². The predicted octanol–water partition coefficient (Wildman–Crippen LogP) is -1.40. The van der Waals surface area contributed by atoms with Gasteiger partial charge in [0.05, 0.1) is 25.4 Å². The summed E-state index contributed by atoms with van der Waals surface area (Å²) in [6, 6.07) is 6.20. The smallest absolute Gasteiger partial charge is 0.229 e. The van der Waals surface area contributed by atoms with Crippen molar-refractivity contribution in [3.63, 3.8) is 0 Å². The van der Waals surface area contributed by atoms with Gasteiger partial charge < -0.3 is 69.3 Å². The molecule has 2 aliphatic heterocycles. The molecule has 10 atom stereocenters. The van der Waals surface area contributed by atoms with Crippen molar-refractivity contribution in [3.8, 4) is 34.3 Å². The summed E-state index contributed by atoms with van der Waals surface area (Å²) in [6.07, 6.45) is -14.7. The molecule has 5 rings (SSSR count). The van der Waals surface area contributed by atoms with Crippen molar-refractivity contribution in [2.45, 2.75) is 68.1 Å². The lowest BCUT2D eigenvalue weighted by Crippen LogP contribution is -2.58. The molecular formula is C28H32O15. The summed E-state index contributed by atoms with van der Waals surface area (Å²) in [5.41, 5.74) is -0.896. The Hall–Kier alpha value is -3.51. The van der Waals surface area contributed by atoms with Crippen molar-refractivity contribution in [1.82, 2.24) is 0 Å². The number of phenols is 2. The average Bonchev–Trinajstić information content (AvgIpc) is 2.98. The van der Waals surface area contributed by atoms with Gasteiger partial charge in [0.2, 0.25) is 6.29 Å². The predicted molar refractivity (Wildman–Crippen MR) is 144 cm³/mol. The molecule has 2 aliphatic rings. The normalized spacial score (nSPS) is 33.0. The van der Waals surface area contributed by atoms with Crippen molar-refractivity contribution in [1.29, 1.82) is 0 Å². The highest BCUT2D eigenvalue weighted by Crippen LogP contribution is 2.45. The Balaban J connectivity index is 1.49. The third-order valence-corrected chi connectivity index (χ3v) is 7.69. The van der Waals surface area contributed by atoms with Crippen LogP contribution >= 0.6 is 0 Å². The van der Waals surface area contributed by atoms with Crippen LogP contribution in [0.5, 0.6) is 23.0 Å². The molecule has 1 aromatic heterocycles. The van der Waals surface area contributed by atoms with Crippen molar-refractivity contribution in [2.24, 2.45) is 0 Å². The van der Waals surface area contributed by atoms with Crippen LogP contribution in [0.4, 0.5) is 0 Å². The zero-order valence-electron chi connectivity index (χ0n) is 22.8. The van der Waals surface area contributed by atoms with Crippen LogP contribution in [0.25, 0.3) is 22.3 Å². The second-order valence-electron chi connectivity index (χ2n) is 10.4. The molecule has 0 aliphatic carbocycles. The first-order chi connectivity index (χ1) is 20.4. The standard InChI is InChI=1S/C28H32O15/c1-9-20(32)23(35)26(38)28(40-9)43-13-4-3-10(5-11(13)30)14-6-12(31)18-16(41-14)7-15(39-2)19(22(18)34)27-25(37)24(36)21(33)17(8-29)42-27/h3-7,9,17,20-21,23-30,32-38H,8H2,1-2H3/t9-,17?,20+,21-,23?,24+,25?,26?,27+,28+/m1/s1. The minimum atomic E-state index is -1.76. The van der Waals surface area contributed by atoms with E-state index in [2.05, 4.69) is 0 Å². The maximum Gasteiger partial charge on any atom is 0.229 e. The zero-order chi connectivity index (χ0) is 31.3. The number of aliphatic hydroxyl groups is 7. The van der Waals surface area contributed by atoms with E-state index in [4.69, 9.17) is 23.4 Å². The molecule has 15 heteroatoms. The van der Waals surface area contributed by atoms with Gasteiger partial charge in [0.15, 0.2) is 16.9 Å². The first kappa shape index (κ1) is 30.9. The lowest BCUT2D eigenvalue weighted by Gasteiger charge is -2.40. The molecule has 43 heavy (non-hydrogen) atoms. The molecule has 2 aromatic carbocycles. The van der Waals surface area contributed by atoms with Gasteiger partial charge in [-0.15, -0.1) is 0 Å². The maximum absolute atomic E-state index is 13.2. The van der Waals surface area contributed by atoms with Crippen molar-refractivity contribution >= 4 is 11.0 Å². The van der Waals surface area contributed by atoms with Gasteiger partial charge in [-0.25, -0.2) is 0 Å². The fourth-order valence-electron chi connectivity index (χ4n) is 5.23. The second kappa shape index (κ2) is 11.9. The van der Waals surface area contributed by atoms with Crippen molar-refractivity contribution < 1.29 is 69.3 Å². The van der Waals surface area contributed by atoms with Crippen LogP contribution in [0.2, 0.25) is 0 Å². The summed E-state index contributed by atoms with van der Waals surface area (Å²) in [5, 5.41) is 92.0. The molecular weight excluding hydrogens is 576 g/mol. The van der Waals surface area contributed by atoms with Gasteiger partial charge in [0, 0.05) is 17.7 Å². The van der Waals surface area contributed by atoms with E-state index in [9.17, 15) is 50.8 Å². The average molecular weight is 609 g/mol. The van der Waals surface area contributed by atoms with Crippen LogP contribution in [0.1, 0.15) is 18.6 Å². The lowest BCUT2D eigenvalue weighted by molar-refractivity contribution is -0.268. The molecule has 9 N–H and O–H groups in total. The van der Waals surface area contributed by atoms with Gasteiger partial charge >= 0.3 is 0 Å². The highest BCUT2D eigenvalue weighted by Gasteiger charge is 2.46. The molecule has 4 unspecified atom stereocenters. The Bertz CT molecular complexity index is 1540. The maximum atomic E-state index is 13.2. The molecule has 0 radical (unpaired) electrons. The Morgan fingerprint density at radius 1 is 0.837 bits per heavy atom. The van der Waals surface area contributed by atoms with Gasteiger partial charge in [0.1, 0.15) is 77.1 Å².